The van der Waals surface area contributed by atoms with Crippen LogP contribution in [0.4, 0.5) is 4.39 Å². The van der Waals surface area contributed by atoms with Crippen molar-refractivity contribution in [3.63, 3.8) is 0 Å². The molecule has 0 saturated heterocycles. The summed E-state index contributed by atoms with van der Waals surface area (Å²) in [5, 5.41) is 6.02. The van der Waals surface area contributed by atoms with Gasteiger partial charge in [0.05, 0.1) is 0 Å². The lowest BCUT2D eigenvalue weighted by atomic mass is 10.2. The Labute approximate surface area is 105 Å². The average Bonchev–Trinajstić information content (AvgIpc) is 2.80. The molecule has 1 atom stereocenters. The number of nitrogens with one attached hydrogen (secondary N) is 2. The van der Waals surface area contributed by atoms with Crippen molar-refractivity contribution in [1.29, 1.82) is 0 Å². The lowest BCUT2D eigenvalue weighted by Gasteiger charge is -2.06. The van der Waals surface area contributed by atoms with Gasteiger partial charge in [-0.1, -0.05) is 12.1 Å². The van der Waals surface area contributed by atoms with E-state index in [-0.39, 0.29) is 12.0 Å². The maximum Gasteiger partial charge on any atom is 0.149 e. The molecule has 1 aliphatic rings. The van der Waals surface area contributed by atoms with E-state index in [1.807, 2.05) is 0 Å². The van der Waals surface area contributed by atoms with Gasteiger partial charge >= 0.3 is 0 Å². The lowest BCUT2D eigenvalue weighted by molar-refractivity contribution is -0.105. The van der Waals surface area contributed by atoms with E-state index >= 15 is 0 Å². The second kappa shape index (κ2) is 5.55. The van der Waals surface area contributed by atoms with Crippen LogP contribution in [0.25, 0.3) is 0 Å². The predicted molar refractivity (Wildman–Crippen MR) is 67.7 cm³/mol. The third-order valence-corrected chi connectivity index (χ3v) is 2.68. The first kappa shape index (κ1) is 12.4. The topological polar surface area (TPSA) is 53.5 Å². The zero-order valence-electron chi connectivity index (χ0n) is 9.98. The van der Waals surface area contributed by atoms with Gasteiger partial charge in [-0.15, -0.1) is 0 Å². The van der Waals surface area contributed by atoms with Crippen molar-refractivity contribution in [2.45, 2.75) is 12.7 Å². The molecule has 0 fully saturated rings. The monoisotopic (exact) mass is 247 g/mol. The molecule has 0 bridgehead atoms. The van der Waals surface area contributed by atoms with Gasteiger partial charge < -0.3 is 5.32 Å². The molecule has 0 aromatic heterocycles. The van der Waals surface area contributed by atoms with E-state index in [0.29, 0.717) is 18.0 Å². The third kappa shape index (κ3) is 2.81. The van der Waals surface area contributed by atoms with E-state index in [1.54, 1.807) is 25.3 Å². The van der Waals surface area contributed by atoms with Crippen LogP contribution in [-0.4, -0.2) is 25.3 Å². The second-order valence-corrected chi connectivity index (χ2v) is 3.95. The average molecular weight is 247 g/mol. The summed E-state index contributed by atoms with van der Waals surface area (Å²) < 4.78 is 12.7. The molecule has 1 unspecified atom stereocenters. The number of carbonyl (C=O) groups is 1. The van der Waals surface area contributed by atoms with Gasteiger partial charge in [-0.05, 0) is 30.8 Å². The highest BCUT2D eigenvalue weighted by atomic mass is 19.1. The van der Waals surface area contributed by atoms with Crippen molar-refractivity contribution in [1.82, 2.24) is 10.6 Å². The summed E-state index contributed by atoms with van der Waals surface area (Å²) in [4.78, 5) is 15.1. The number of hydrogen-bond acceptors (Lipinski definition) is 4. The Kier molecular flexibility index (Phi) is 3.84. The Balaban J connectivity index is 1.97. The normalized spacial score (nSPS) is 18.2. The quantitative estimate of drug-likeness (QED) is 0.780. The van der Waals surface area contributed by atoms with Crippen LogP contribution in [0.5, 0.6) is 0 Å². The Bertz CT molecular complexity index is 493. The van der Waals surface area contributed by atoms with Crippen LogP contribution >= 0.6 is 0 Å². The molecule has 94 valence electrons. The molecule has 2 rings (SSSR count). The first-order valence-electron chi connectivity index (χ1n) is 5.63. The molecule has 0 aliphatic carbocycles. The van der Waals surface area contributed by atoms with Crippen LogP contribution in [0, 0.1) is 5.82 Å². The maximum atomic E-state index is 12.7. The number of aliphatic imine (C=N–C) groups is 1. The summed E-state index contributed by atoms with van der Waals surface area (Å²) in [5.41, 5.74) is 1.55. The minimum Gasteiger partial charge on any atom is -0.366 e. The van der Waals surface area contributed by atoms with Crippen molar-refractivity contribution in [3.8, 4) is 0 Å². The Morgan fingerprint density at radius 2 is 2.11 bits per heavy atom. The van der Waals surface area contributed by atoms with Crippen molar-refractivity contribution in [3.05, 3.63) is 47.3 Å². The molecule has 1 aromatic rings. The summed E-state index contributed by atoms with van der Waals surface area (Å²) in [5.74, 6) is 0.399. The van der Waals surface area contributed by atoms with Gasteiger partial charge in [-0.25, -0.2) is 9.38 Å². The van der Waals surface area contributed by atoms with E-state index in [1.165, 1.54) is 12.1 Å². The molecular weight excluding hydrogens is 233 g/mol. The standard InChI is InChI=1S/C13H14FN3O/c1-15-13-10(8-18)6-12(17-13)16-7-9-2-4-11(14)5-3-9/h2-6,8,13,15H,7H2,1H3,(H,16,17). The van der Waals surface area contributed by atoms with Crippen molar-refractivity contribution in [2.75, 3.05) is 7.05 Å². The molecule has 1 aromatic carbocycles. The Morgan fingerprint density at radius 3 is 2.67 bits per heavy atom. The van der Waals surface area contributed by atoms with E-state index in [4.69, 9.17) is 0 Å². The predicted octanol–water partition coefficient (Wildman–Crippen LogP) is 0.998. The van der Waals surface area contributed by atoms with Gasteiger partial charge in [0.15, 0.2) is 0 Å². The number of aldehydes is 1. The van der Waals surface area contributed by atoms with E-state index in [0.717, 1.165) is 11.8 Å². The zero-order valence-corrected chi connectivity index (χ0v) is 9.98. The first-order valence-corrected chi connectivity index (χ1v) is 5.63. The van der Waals surface area contributed by atoms with E-state index in [2.05, 4.69) is 15.6 Å². The number of benzene rings is 1. The fourth-order valence-electron chi connectivity index (χ4n) is 1.71. The Morgan fingerprint density at radius 1 is 1.39 bits per heavy atom. The molecule has 0 spiro atoms. The number of nitrogens with zero attached hydrogens (tertiary/aromatic N) is 1. The smallest absolute Gasteiger partial charge is 0.149 e. The molecule has 4 nitrogen and oxygen atoms in total. The molecule has 1 aliphatic heterocycles. The largest absolute Gasteiger partial charge is 0.366 e. The maximum absolute atomic E-state index is 12.7. The minimum atomic E-state index is -0.279. The molecule has 0 amide bonds. The number of halogens is 1. The van der Waals surface area contributed by atoms with Gasteiger partial charge in [-0.3, -0.25) is 10.1 Å². The Hall–Kier alpha value is -2.01. The first-order chi connectivity index (χ1) is 8.72. The molecule has 1 heterocycles. The lowest BCUT2D eigenvalue weighted by Crippen LogP contribution is -2.25. The van der Waals surface area contributed by atoms with Gasteiger partial charge in [-0.2, -0.15) is 0 Å². The third-order valence-electron chi connectivity index (χ3n) is 2.68. The van der Waals surface area contributed by atoms with Gasteiger partial charge in [0.1, 0.15) is 24.1 Å². The van der Waals surface area contributed by atoms with Gasteiger partial charge in [0, 0.05) is 12.1 Å². The highest BCUT2D eigenvalue weighted by Crippen LogP contribution is 2.09. The van der Waals surface area contributed by atoms with Crippen LogP contribution in [0.3, 0.4) is 0 Å². The highest BCUT2D eigenvalue weighted by molar-refractivity contribution is 6.01. The molecular formula is C13H14FN3O. The van der Waals surface area contributed by atoms with E-state index in [9.17, 15) is 9.18 Å². The minimum absolute atomic E-state index is 0.254. The molecule has 18 heavy (non-hydrogen) atoms. The van der Waals surface area contributed by atoms with Crippen LogP contribution in [0.1, 0.15) is 5.56 Å². The summed E-state index contributed by atoms with van der Waals surface area (Å²) in [7, 11) is 1.74. The van der Waals surface area contributed by atoms with Gasteiger partial charge in [0.2, 0.25) is 0 Å². The number of amidine groups is 1. The summed E-state index contributed by atoms with van der Waals surface area (Å²) in [6.07, 6.45) is 2.22. The fourth-order valence-corrected chi connectivity index (χ4v) is 1.71. The number of rotatable bonds is 4. The number of hydrogen-bond donors (Lipinski definition) is 2. The zero-order chi connectivity index (χ0) is 13.0. The number of likely N-dealkylation sites (N-methyl/N-ethyl adjacent to an activating group) is 1. The van der Waals surface area contributed by atoms with Gasteiger partial charge in [0.25, 0.3) is 0 Å². The molecule has 0 radical (unpaired) electrons. The number of carbonyl (C=O) groups excluding carboxylic acids is 1. The molecule has 5 heteroatoms. The summed E-state index contributed by atoms with van der Waals surface area (Å²) >= 11 is 0. The van der Waals surface area contributed by atoms with E-state index < -0.39 is 0 Å². The second-order valence-electron chi connectivity index (χ2n) is 3.95. The van der Waals surface area contributed by atoms with Crippen molar-refractivity contribution < 1.29 is 9.18 Å². The van der Waals surface area contributed by atoms with Crippen molar-refractivity contribution in [2.24, 2.45) is 4.99 Å². The molecule has 2 N–H and O–H groups in total. The highest BCUT2D eigenvalue weighted by Gasteiger charge is 2.17. The van der Waals surface area contributed by atoms with Crippen molar-refractivity contribution >= 4 is 12.1 Å². The molecule has 0 saturated carbocycles. The van der Waals surface area contributed by atoms with Crippen LogP contribution in [0.15, 0.2) is 40.9 Å². The van der Waals surface area contributed by atoms with Crippen LogP contribution < -0.4 is 10.6 Å². The van der Waals surface area contributed by atoms with Crippen LogP contribution in [-0.2, 0) is 11.3 Å². The SMILES string of the molecule is CNC1N=C(NCc2ccc(F)cc2)C=C1C=O. The van der Waals surface area contributed by atoms with Crippen LogP contribution in [0.2, 0.25) is 0 Å². The summed E-state index contributed by atoms with van der Waals surface area (Å²) in [6, 6.07) is 6.24. The fraction of sp³-hybridized carbons (Fsp3) is 0.231. The summed E-state index contributed by atoms with van der Waals surface area (Å²) in [6.45, 7) is 0.540.